The van der Waals surface area contributed by atoms with Crippen LogP contribution in [0.5, 0.6) is 0 Å². The van der Waals surface area contributed by atoms with E-state index >= 15 is 0 Å². The van der Waals surface area contributed by atoms with E-state index in [9.17, 15) is 4.79 Å². The molecule has 0 spiro atoms. The van der Waals surface area contributed by atoms with Gasteiger partial charge in [0.2, 0.25) is 0 Å². The zero-order chi connectivity index (χ0) is 12.3. The quantitative estimate of drug-likeness (QED) is 0.902. The molecular formula is C11H10ClN3O2. The zero-order valence-corrected chi connectivity index (χ0v) is 9.63. The van der Waals surface area contributed by atoms with Crippen LogP contribution in [0, 0.1) is 0 Å². The number of hydrogen-bond donors (Lipinski definition) is 1. The van der Waals surface area contributed by atoms with Crippen LogP contribution in [-0.2, 0) is 11.2 Å². The molecule has 1 heterocycles. The maximum absolute atomic E-state index is 10.5. The Morgan fingerprint density at radius 3 is 2.94 bits per heavy atom. The average Bonchev–Trinajstić information content (AvgIpc) is 2.81. The van der Waals surface area contributed by atoms with Gasteiger partial charge in [0.1, 0.15) is 0 Å². The number of aliphatic carboxylic acids is 1. The molecule has 0 atom stereocenters. The van der Waals surface area contributed by atoms with E-state index in [0.29, 0.717) is 17.1 Å². The maximum Gasteiger partial charge on any atom is 0.303 e. The van der Waals surface area contributed by atoms with E-state index in [-0.39, 0.29) is 6.42 Å². The SMILES string of the molecule is O=C(O)CCc1ccc(Cl)c(-n2ccnn2)c1. The summed E-state index contributed by atoms with van der Waals surface area (Å²) in [6, 6.07) is 5.36. The minimum Gasteiger partial charge on any atom is -0.481 e. The van der Waals surface area contributed by atoms with E-state index in [1.165, 1.54) is 0 Å². The third-order valence-electron chi connectivity index (χ3n) is 2.31. The number of benzene rings is 1. The molecule has 17 heavy (non-hydrogen) atoms. The van der Waals surface area contributed by atoms with Gasteiger partial charge in [-0.25, -0.2) is 4.68 Å². The molecule has 0 unspecified atom stereocenters. The molecule has 0 aliphatic carbocycles. The Morgan fingerprint density at radius 2 is 2.29 bits per heavy atom. The molecule has 0 radical (unpaired) electrons. The van der Waals surface area contributed by atoms with Crippen LogP contribution in [0.1, 0.15) is 12.0 Å². The van der Waals surface area contributed by atoms with Gasteiger partial charge in [-0.1, -0.05) is 22.9 Å². The number of nitrogens with zero attached hydrogens (tertiary/aromatic N) is 3. The van der Waals surface area contributed by atoms with E-state index in [4.69, 9.17) is 16.7 Å². The number of aryl methyl sites for hydroxylation is 1. The lowest BCUT2D eigenvalue weighted by Crippen LogP contribution is -2.00. The topological polar surface area (TPSA) is 68.0 Å². The number of halogens is 1. The summed E-state index contributed by atoms with van der Waals surface area (Å²) in [5.41, 5.74) is 1.61. The Morgan fingerprint density at radius 1 is 1.47 bits per heavy atom. The third-order valence-corrected chi connectivity index (χ3v) is 2.63. The van der Waals surface area contributed by atoms with Crippen molar-refractivity contribution in [2.45, 2.75) is 12.8 Å². The summed E-state index contributed by atoms with van der Waals surface area (Å²) in [5, 5.41) is 16.7. The van der Waals surface area contributed by atoms with Gasteiger partial charge in [0.05, 0.1) is 23.1 Å². The summed E-state index contributed by atoms with van der Waals surface area (Å²) in [5.74, 6) is -0.817. The highest BCUT2D eigenvalue weighted by Gasteiger charge is 2.06. The van der Waals surface area contributed by atoms with Crippen LogP contribution >= 0.6 is 11.6 Å². The van der Waals surface area contributed by atoms with Gasteiger partial charge >= 0.3 is 5.97 Å². The lowest BCUT2D eigenvalue weighted by molar-refractivity contribution is -0.136. The number of carboxylic acid groups (broad SMARTS) is 1. The molecule has 0 bridgehead atoms. The van der Waals surface area contributed by atoms with E-state index in [1.807, 2.05) is 12.1 Å². The highest BCUT2D eigenvalue weighted by Crippen LogP contribution is 2.21. The van der Waals surface area contributed by atoms with Crippen LogP contribution in [0.4, 0.5) is 0 Å². The Labute approximate surface area is 103 Å². The first-order chi connectivity index (χ1) is 8.16. The molecule has 0 saturated carbocycles. The Bertz CT molecular complexity index is 526. The smallest absolute Gasteiger partial charge is 0.303 e. The van der Waals surface area contributed by atoms with E-state index in [0.717, 1.165) is 5.56 Å². The maximum atomic E-state index is 10.5. The van der Waals surface area contributed by atoms with Crippen molar-refractivity contribution in [1.29, 1.82) is 0 Å². The first-order valence-electron chi connectivity index (χ1n) is 5.04. The highest BCUT2D eigenvalue weighted by molar-refractivity contribution is 6.32. The molecular weight excluding hydrogens is 242 g/mol. The van der Waals surface area contributed by atoms with Crippen LogP contribution < -0.4 is 0 Å². The lowest BCUT2D eigenvalue weighted by Gasteiger charge is -2.06. The number of carboxylic acids is 1. The zero-order valence-electron chi connectivity index (χ0n) is 8.88. The second-order valence-corrected chi connectivity index (χ2v) is 3.93. The summed E-state index contributed by atoms with van der Waals surface area (Å²) in [4.78, 5) is 10.5. The standard InChI is InChI=1S/C11H10ClN3O2/c12-9-3-1-8(2-4-11(16)17)7-10(9)15-6-5-13-14-15/h1,3,5-7H,2,4H2,(H,16,17). The summed E-state index contributed by atoms with van der Waals surface area (Å²) >= 11 is 6.05. The van der Waals surface area contributed by atoms with Gasteiger partial charge in [-0.2, -0.15) is 0 Å². The van der Waals surface area contributed by atoms with Crippen molar-refractivity contribution in [2.24, 2.45) is 0 Å². The number of aromatic nitrogens is 3. The molecule has 0 aliphatic heterocycles. The van der Waals surface area contributed by atoms with Crippen LogP contribution in [-0.4, -0.2) is 26.1 Å². The molecule has 6 heteroatoms. The fraction of sp³-hybridized carbons (Fsp3) is 0.182. The van der Waals surface area contributed by atoms with Gasteiger partial charge in [0.25, 0.3) is 0 Å². The van der Waals surface area contributed by atoms with E-state index in [2.05, 4.69) is 10.3 Å². The van der Waals surface area contributed by atoms with Crippen molar-refractivity contribution in [3.8, 4) is 5.69 Å². The number of hydrogen-bond acceptors (Lipinski definition) is 3. The summed E-state index contributed by atoms with van der Waals surface area (Å²) in [7, 11) is 0. The summed E-state index contributed by atoms with van der Waals surface area (Å²) < 4.78 is 1.55. The number of rotatable bonds is 4. The van der Waals surface area contributed by atoms with Crippen molar-refractivity contribution in [3.05, 3.63) is 41.2 Å². The van der Waals surface area contributed by atoms with Gasteiger partial charge < -0.3 is 5.11 Å². The predicted molar refractivity (Wildman–Crippen MR) is 62.3 cm³/mol. The molecule has 0 amide bonds. The number of carbonyl (C=O) groups is 1. The monoisotopic (exact) mass is 251 g/mol. The summed E-state index contributed by atoms with van der Waals surface area (Å²) in [6.45, 7) is 0. The first kappa shape index (κ1) is 11.6. The van der Waals surface area contributed by atoms with Crippen LogP contribution in [0.15, 0.2) is 30.6 Å². The highest BCUT2D eigenvalue weighted by atomic mass is 35.5. The van der Waals surface area contributed by atoms with Crippen LogP contribution in [0.25, 0.3) is 5.69 Å². The molecule has 0 aliphatic rings. The van der Waals surface area contributed by atoms with Gasteiger partial charge in [0.15, 0.2) is 0 Å². The second-order valence-electron chi connectivity index (χ2n) is 3.53. The normalized spacial score (nSPS) is 10.4. The van der Waals surface area contributed by atoms with Crippen molar-refractivity contribution in [1.82, 2.24) is 15.0 Å². The largest absolute Gasteiger partial charge is 0.481 e. The molecule has 0 fully saturated rings. The van der Waals surface area contributed by atoms with Crippen LogP contribution in [0.3, 0.4) is 0 Å². The van der Waals surface area contributed by atoms with Gasteiger partial charge in [-0.15, -0.1) is 5.10 Å². The average molecular weight is 252 g/mol. The summed E-state index contributed by atoms with van der Waals surface area (Å²) in [6.07, 6.45) is 3.80. The predicted octanol–water partition coefficient (Wildman–Crippen LogP) is 1.94. The van der Waals surface area contributed by atoms with Crippen LogP contribution in [0.2, 0.25) is 5.02 Å². The van der Waals surface area contributed by atoms with Gasteiger partial charge in [0, 0.05) is 6.42 Å². The minimum absolute atomic E-state index is 0.0957. The van der Waals surface area contributed by atoms with Crippen molar-refractivity contribution < 1.29 is 9.90 Å². The molecule has 1 N–H and O–H groups in total. The molecule has 1 aromatic carbocycles. The van der Waals surface area contributed by atoms with E-state index in [1.54, 1.807) is 23.1 Å². The molecule has 88 valence electrons. The molecule has 5 nitrogen and oxygen atoms in total. The van der Waals surface area contributed by atoms with Crippen molar-refractivity contribution in [3.63, 3.8) is 0 Å². The molecule has 1 aromatic heterocycles. The first-order valence-corrected chi connectivity index (χ1v) is 5.41. The fourth-order valence-electron chi connectivity index (χ4n) is 1.48. The van der Waals surface area contributed by atoms with Crippen molar-refractivity contribution >= 4 is 17.6 Å². The second kappa shape index (κ2) is 4.97. The molecule has 0 saturated heterocycles. The fourth-order valence-corrected chi connectivity index (χ4v) is 1.68. The Hall–Kier alpha value is -1.88. The minimum atomic E-state index is -0.817. The Kier molecular flexibility index (Phi) is 3.39. The third kappa shape index (κ3) is 2.82. The van der Waals surface area contributed by atoms with E-state index < -0.39 is 5.97 Å². The molecule has 2 rings (SSSR count). The molecule has 2 aromatic rings. The Balaban J connectivity index is 2.27. The van der Waals surface area contributed by atoms with Crippen molar-refractivity contribution in [2.75, 3.05) is 0 Å². The van der Waals surface area contributed by atoms with Gasteiger partial charge in [-0.05, 0) is 24.1 Å². The van der Waals surface area contributed by atoms with Gasteiger partial charge in [-0.3, -0.25) is 4.79 Å². The lowest BCUT2D eigenvalue weighted by atomic mass is 10.1.